The molecule has 6 nitrogen and oxygen atoms in total. The van der Waals surface area contributed by atoms with E-state index in [2.05, 4.69) is 16.3 Å². The van der Waals surface area contributed by atoms with Crippen LogP contribution in [0.5, 0.6) is 0 Å². The van der Waals surface area contributed by atoms with E-state index < -0.39 is 10.0 Å². The standard InChI is InChI=1S/C25H32ClN3O3S/c26-23-12-11-20(17-24(23)33(31,32)29-15-5-1-2-6-16-29)25(30)27-18-21-9-3-4-10-22(21)19-28-13-7-8-14-28/h3-4,9-12,17H,1-2,5-8,13-16,18-19H2,(H,27,30). The molecule has 0 aromatic heterocycles. The van der Waals surface area contributed by atoms with Gasteiger partial charge in [0.2, 0.25) is 10.0 Å². The van der Waals surface area contributed by atoms with Crippen LogP contribution < -0.4 is 5.32 Å². The normalized spacial score (nSPS) is 18.2. The van der Waals surface area contributed by atoms with Crippen LogP contribution in [0.2, 0.25) is 5.02 Å². The number of rotatable bonds is 7. The summed E-state index contributed by atoms with van der Waals surface area (Å²) in [7, 11) is -3.74. The monoisotopic (exact) mass is 489 g/mol. The maximum atomic E-state index is 13.2. The lowest BCUT2D eigenvalue weighted by Gasteiger charge is -2.21. The average Bonchev–Trinajstić information content (AvgIpc) is 3.16. The topological polar surface area (TPSA) is 69.7 Å². The number of hydrogen-bond acceptors (Lipinski definition) is 4. The quantitative estimate of drug-likeness (QED) is 0.624. The first-order valence-corrected chi connectivity index (χ1v) is 13.6. The van der Waals surface area contributed by atoms with E-state index in [0.29, 0.717) is 25.2 Å². The molecule has 2 aliphatic heterocycles. The second-order valence-corrected chi connectivity index (χ2v) is 11.2. The van der Waals surface area contributed by atoms with E-state index in [9.17, 15) is 13.2 Å². The summed E-state index contributed by atoms with van der Waals surface area (Å²) < 4.78 is 28.0. The molecule has 1 amide bonds. The van der Waals surface area contributed by atoms with Crippen LogP contribution in [0.4, 0.5) is 0 Å². The Hall–Kier alpha value is -1.93. The molecule has 33 heavy (non-hydrogen) atoms. The fourth-order valence-electron chi connectivity index (χ4n) is 4.61. The molecule has 0 radical (unpaired) electrons. The maximum absolute atomic E-state index is 13.2. The molecule has 1 N–H and O–H groups in total. The number of nitrogens with one attached hydrogen (secondary N) is 1. The maximum Gasteiger partial charge on any atom is 0.251 e. The Labute approximate surface area is 202 Å². The van der Waals surface area contributed by atoms with Gasteiger partial charge in [-0.25, -0.2) is 8.42 Å². The van der Waals surface area contributed by atoms with Gasteiger partial charge in [-0.05, 0) is 68.1 Å². The number of halogens is 1. The minimum Gasteiger partial charge on any atom is -0.348 e. The van der Waals surface area contributed by atoms with Crippen molar-refractivity contribution in [2.45, 2.75) is 56.5 Å². The SMILES string of the molecule is O=C(NCc1ccccc1CN1CCCC1)c1ccc(Cl)c(S(=O)(=O)N2CCCCCC2)c1. The van der Waals surface area contributed by atoms with Gasteiger partial charge < -0.3 is 5.32 Å². The van der Waals surface area contributed by atoms with Crippen molar-refractivity contribution >= 4 is 27.5 Å². The first kappa shape index (κ1) is 24.2. The molecule has 0 saturated carbocycles. The Balaban J connectivity index is 1.47. The lowest BCUT2D eigenvalue weighted by atomic mass is 10.1. The summed E-state index contributed by atoms with van der Waals surface area (Å²) in [5.41, 5.74) is 2.58. The zero-order chi connectivity index (χ0) is 23.3. The summed E-state index contributed by atoms with van der Waals surface area (Å²) in [5, 5.41) is 3.10. The highest BCUT2D eigenvalue weighted by Gasteiger charge is 2.28. The van der Waals surface area contributed by atoms with Gasteiger partial charge in [0.15, 0.2) is 0 Å². The third-order valence-corrected chi connectivity index (χ3v) is 8.91. The molecular weight excluding hydrogens is 458 g/mol. The molecule has 2 aromatic rings. The molecule has 2 aliphatic rings. The average molecular weight is 490 g/mol. The van der Waals surface area contributed by atoms with Crippen molar-refractivity contribution < 1.29 is 13.2 Å². The summed E-state index contributed by atoms with van der Waals surface area (Å²) in [6, 6.07) is 12.6. The molecule has 0 spiro atoms. The molecule has 4 rings (SSSR count). The van der Waals surface area contributed by atoms with E-state index >= 15 is 0 Å². The van der Waals surface area contributed by atoms with Gasteiger partial charge in [0.1, 0.15) is 4.90 Å². The van der Waals surface area contributed by atoms with Gasteiger partial charge in [0.05, 0.1) is 5.02 Å². The Morgan fingerprint density at radius 1 is 0.879 bits per heavy atom. The fourth-order valence-corrected chi connectivity index (χ4v) is 6.62. The minimum atomic E-state index is -3.74. The van der Waals surface area contributed by atoms with Gasteiger partial charge in [-0.3, -0.25) is 9.69 Å². The van der Waals surface area contributed by atoms with Crippen molar-refractivity contribution in [3.8, 4) is 0 Å². The summed E-state index contributed by atoms with van der Waals surface area (Å²) >= 11 is 6.28. The van der Waals surface area contributed by atoms with E-state index in [0.717, 1.165) is 50.9 Å². The Bertz CT molecular complexity index is 1080. The molecule has 0 aliphatic carbocycles. The van der Waals surface area contributed by atoms with Gasteiger partial charge >= 0.3 is 0 Å². The molecule has 0 bridgehead atoms. The lowest BCUT2D eigenvalue weighted by molar-refractivity contribution is 0.0950. The number of hydrogen-bond donors (Lipinski definition) is 1. The predicted molar refractivity (Wildman–Crippen MR) is 131 cm³/mol. The van der Waals surface area contributed by atoms with Crippen molar-refractivity contribution in [1.29, 1.82) is 0 Å². The molecule has 178 valence electrons. The van der Waals surface area contributed by atoms with Gasteiger partial charge in [-0.2, -0.15) is 4.31 Å². The molecule has 2 heterocycles. The van der Waals surface area contributed by atoms with Crippen molar-refractivity contribution in [2.75, 3.05) is 26.2 Å². The van der Waals surface area contributed by atoms with Gasteiger partial charge in [-0.1, -0.05) is 48.7 Å². The highest BCUT2D eigenvalue weighted by Crippen LogP contribution is 2.28. The van der Waals surface area contributed by atoms with E-state index in [4.69, 9.17) is 11.6 Å². The number of carbonyl (C=O) groups excluding carboxylic acids is 1. The van der Waals surface area contributed by atoms with Crippen LogP contribution in [0, 0.1) is 0 Å². The second kappa shape index (κ2) is 11.0. The number of benzene rings is 2. The molecule has 2 fully saturated rings. The number of carbonyl (C=O) groups is 1. The second-order valence-electron chi connectivity index (χ2n) is 8.90. The Morgan fingerprint density at radius 2 is 1.52 bits per heavy atom. The zero-order valence-electron chi connectivity index (χ0n) is 18.9. The van der Waals surface area contributed by atoms with E-state index in [1.807, 2.05) is 18.2 Å². The molecule has 2 saturated heterocycles. The Kier molecular flexibility index (Phi) is 8.07. The predicted octanol–water partition coefficient (Wildman–Crippen LogP) is 4.43. The first-order valence-electron chi connectivity index (χ1n) is 11.8. The van der Waals surface area contributed by atoms with Crippen molar-refractivity contribution in [1.82, 2.24) is 14.5 Å². The van der Waals surface area contributed by atoms with E-state index in [-0.39, 0.29) is 15.8 Å². The molecular formula is C25H32ClN3O3S. The van der Waals surface area contributed by atoms with Gasteiger partial charge in [0, 0.05) is 31.7 Å². The van der Waals surface area contributed by atoms with Crippen LogP contribution in [0.1, 0.15) is 60.0 Å². The third kappa shape index (κ3) is 5.96. The minimum absolute atomic E-state index is 0.00755. The summed E-state index contributed by atoms with van der Waals surface area (Å²) in [4.78, 5) is 15.4. The highest BCUT2D eigenvalue weighted by molar-refractivity contribution is 7.89. The van der Waals surface area contributed by atoms with E-state index in [1.165, 1.54) is 34.8 Å². The molecule has 0 unspecified atom stereocenters. The highest BCUT2D eigenvalue weighted by atomic mass is 35.5. The van der Waals surface area contributed by atoms with Crippen LogP contribution in [0.15, 0.2) is 47.4 Å². The number of likely N-dealkylation sites (tertiary alicyclic amines) is 1. The van der Waals surface area contributed by atoms with Crippen LogP contribution in [0.25, 0.3) is 0 Å². The summed E-state index contributed by atoms with van der Waals surface area (Å²) in [5.74, 6) is -0.310. The molecule has 8 heteroatoms. The Morgan fingerprint density at radius 3 is 2.21 bits per heavy atom. The van der Waals surface area contributed by atoms with Crippen molar-refractivity contribution in [3.63, 3.8) is 0 Å². The first-order chi connectivity index (χ1) is 15.9. The fraction of sp³-hybridized carbons (Fsp3) is 0.480. The van der Waals surface area contributed by atoms with Gasteiger partial charge in [-0.15, -0.1) is 0 Å². The number of amides is 1. The zero-order valence-corrected chi connectivity index (χ0v) is 20.5. The van der Waals surface area contributed by atoms with Crippen LogP contribution in [-0.4, -0.2) is 49.7 Å². The molecule has 0 atom stereocenters. The van der Waals surface area contributed by atoms with Crippen LogP contribution in [0.3, 0.4) is 0 Å². The number of nitrogens with zero attached hydrogens (tertiary/aromatic N) is 2. The smallest absolute Gasteiger partial charge is 0.251 e. The third-order valence-electron chi connectivity index (χ3n) is 6.53. The largest absolute Gasteiger partial charge is 0.348 e. The van der Waals surface area contributed by atoms with Crippen LogP contribution >= 0.6 is 11.6 Å². The van der Waals surface area contributed by atoms with Crippen LogP contribution in [-0.2, 0) is 23.1 Å². The lowest BCUT2D eigenvalue weighted by Crippen LogP contribution is -2.32. The summed E-state index contributed by atoms with van der Waals surface area (Å²) in [6.07, 6.45) is 6.21. The molecule has 2 aromatic carbocycles. The van der Waals surface area contributed by atoms with Crippen molar-refractivity contribution in [2.24, 2.45) is 0 Å². The van der Waals surface area contributed by atoms with Gasteiger partial charge in [0.25, 0.3) is 5.91 Å². The summed E-state index contributed by atoms with van der Waals surface area (Å²) in [6.45, 7) is 4.47. The van der Waals surface area contributed by atoms with Crippen molar-refractivity contribution in [3.05, 3.63) is 64.2 Å². The van der Waals surface area contributed by atoms with E-state index in [1.54, 1.807) is 6.07 Å². The number of sulfonamides is 1.